The van der Waals surface area contributed by atoms with Gasteiger partial charge >= 0.3 is 0 Å². The maximum atomic E-state index is 11.4. The van der Waals surface area contributed by atoms with Crippen molar-refractivity contribution in [1.82, 2.24) is 15.6 Å². The van der Waals surface area contributed by atoms with E-state index in [1.54, 1.807) is 7.11 Å². The second-order valence-electron chi connectivity index (χ2n) is 8.10. The molecule has 2 aromatic carbocycles. The number of nitrogens with zero attached hydrogens (tertiary/aromatic N) is 1. The third-order valence-electron chi connectivity index (χ3n) is 5.95. The minimum atomic E-state index is 0.118. The van der Waals surface area contributed by atoms with Crippen LogP contribution in [0.15, 0.2) is 48.5 Å². The average molecular weight is 484 g/mol. The van der Waals surface area contributed by atoms with E-state index in [-0.39, 0.29) is 11.9 Å². The van der Waals surface area contributed by atoms with E-state index >= 15 is 0 Å². The first kappa shape index (κ1) is 23.6. The van der Waals surface area contributed by atoms with Crippen molar-refractivity contribution >= 4 is 29.1 Å². The van der Waals surface area contributed by atoms with Crippen molar-refractivity contribution in [2.45, 2.75) is 38.8 Å². The van der Waals surface area contributed by atoms with E-state index in [0.717, 1.165) is 51.4 Å². The summed E-state index contributed by atoms with van der Waals surface area (Å²) < 4.78 is 5.57. The fourth-order valence-corrected chi connectivity index (χ4v) is 4.83. The van der Waals surface area contributed by atoms with Crippen molar-refractivity contribution in [3.8, 4) is 28.3 Å². The molecule has 3 aromatic rings. The molecule has 2 heterocycles. The summed E-state index contributed by atoms with van der Waals surface area (Å²) in [4.78, 5) is 16.1. The van der Waals surface area contributed by atoms with Crippen molar-refractivity contribution in [3.05, 3.63) is 69.7 Å². The van der Waals surface area contributed by atoms with Crippen molar-refractivity contribution in [1.29, 1.82) is 0 Å². The number of nitrogens with one attached hydrogen (secondary N) is 2. The van der Waals surface area contributed by atoms with Crippen LogP contribution >= 0.6 is 23.2 Å². The number of rotatable bonds is 8. The van der Waals surface area contributed by atoms with Crippen LogP contribution in [0.2, 0.25) is 10.0 Å². The average Bonchev–Trinajstić information content (AvgIpc) is 3.25. The maximum absolute atomic E-state index is 11.4. The number of carbonyl (C=O) groups excluding carboxylic acids is 1. The van der Waals surface area contributed by atoms with Crippen LogP contribution in [0.5, 0.6) is 5.88 Å². The van der Waals surface area contributed by atoms with Crippen LogP contribution in [-0.4, -0.2) is 30.6 Å². The summed E-state index contributed by atoms with van der Waals surface area (Å²) in [6, 6.07) is 16.0. The van der Waals surface area contributed by atoms with Gasteiger partial charge in [0, 0.05) is 47.8 Å². The van der Waals surface area contributed by atoms with Gasteiger partial charge in [-0.05, 0) is 24.5 Å². The number of aryl methyl sites for hydroxylation is 1. The Morgan fingerprint density at radius 2 is 1.76 bits per heavy atom. The first-order valence-electron chi connectivity index (χ1n) is 11.1. The lowest BCUT2D eigenvalue weighted by Crippen LogP contribution is -2.35. The largest absolute Gasteiger partial charge is 0.481 e. The standard InChI is InChI=1S/C26H27Cl2N3O2/c1-3-16-6-4-7-19(24(16)27)20-8-5-9-21(25(20)28)22-12-10-17(26(31-22)33-2)14-29-15-18-11-13-23(32)30-18/h4-10,12,18,29H,3,11,13-15H2,1-2H3,(H,30,32)/t18-/m0/s1. The maximum Gasteiger partial charge on any atom is 0.220 e. The quantitative estimate of drug-likeness (QED) is 0.433. The minimum Gasteiger partial charge on any atom is -0.481 e. The molecule has 0 spiro atoms. The Kier molecular flexibility index (Phi) is 7.53. The molecule has 1 fully saturated rings. The van der Waals surface area contributed by atoms with E-state index in [4.69, 9.17) is 32.9 Å². The summed E-state index contributed by atoms with van der Waals surface area (Å²) in [5.41, 5.74) is 5.36. The molecule has 1 aliphatic heterocycles. The molecule has 0 saturated carbocycles. The van der Waals surface area contributed by atoms with Gasteiger partial charge in [-0.3, -0.25) is 4.79 Å². The predicted molar refractivity (Wildman–Crippen MR) is 134 cm³/mol. The molecule has 172 valence electrons. The van der Waals surface area contributed by atoms with Gasteiger partial charge in [-0.2, -0.15) is 0 Å². The Bertz CT molecular complexity index is 1170. The summed E-state index contributed by atoms with van der Waals surface area (Å²) in [5, 5.41) is 7.67. The van der Waals surface area contributed by atoms with Crippen LogP contribution in [0.4, 0.5) is 0 Å². The summed E-state index contributed by atoms with van der Waals surface area (Å²) in [7, 11) is 1.61. The van der Waals surface area contributed by atoms with E-state index in [1.165, 1.54) is 0 Å². The third kappa shape index (κ3) is 5.16. The van der Waals surface area contributed by atoms with Crippen molar-refractivity contribution in [3.63, 3.8) is 0 Å². The first-order chi connectivity index (χ1) is 16.0. The normalized spacial score (nSPS) is 15.5. The first-order valence-corrected chi connectivity index (χ1v) is 11.9. The zero-order chi connectivity index (χ0) is 23.4. The monoisotopic (exact) mass is 483 g/mol. The highest BCUT2D eigenvalue weighted by molar-refractivity contribution is 6.38. The van der Waals surface area contributed by atoms with Crippen molar-refractivity contribution < 1.29 is 9.53 Å². The molecule has 1 amide bonds. The van der Waals surface area contributed by atoms with Gasteiger partial charge in [-0.25, -0.2) is 4.98 Å². The Morgan fingerprint density at radius 3 is 2.45 bits per heavy atom. The summed E-state index contributed by atoms with van der Waals surface area (Å²) in [5.74, 6) is 0.662. The second kappa shape index (κ2) is 10.6. The van der Waals surface area contributed by atoms with Gasteiger partial charge in [0.05, 0.1) is 22.8 Å². The zero-order valence-electron chi connectivity index (χ0n) is 18.8. The number of methoxy groups -OCH3 is 1. The zero-order valence-corrected chi connectivity index (χ0v) is 20.3. The van der Waals surface area contributed by atoms with Crippen molar-refractivity contribution in [2.24, 2.45) is 0 Å². The van der Waals surface area contributed by atoms with Crippen LogP contribution in [0.25, 0.3) is 22.4 Å². The highest BCUT2D eigenvalue weighted by Crippen LogP contribution is 2.40. The molecule has 0 unspecified atom stereocenters. The molecule has 7 heteroatoms. The van der Waals surface area contributed by atoms with Gasteiger partial charge in [-0.1, -0.05) is 72.6 Å². The molecule has 1 saturated heterocycles. The number of hydrogen-bond acceptors (Lipinski definition) is 4. The van der Waals surface area contributed by atoms with Crippen LogP contribution in [0.1, 0.15) is 30.9 Å². The molecule has 1 atom stereocenters. The molecule has 1 aromatic heterocycles. The number of carbonyl (C=O) groups is 1. The summed E-state index contributed by atoms with van der Waals surface area (Å²) in [6.45, 7) is 3.39. The van der Waals surface area contributed by atoms with E-state index in [9.17, 15) is 4.79 Å². The molecule has 0 aliphatic carbocycles. The highest BCUT2D eigenvalue weighted by Gasteiger charge is 2.20. The Morgan fingerprint density at radius 1 is 1.03 bits per heavy atom. The molecule has 0 radical (unpaired) electrons. The minimum absolute atomic E-state index is 0.118. The van der Waals surface area contributed by atoms with Gasteiger partial charge in [0.25, 0.3) is 0 Å². The number of aromatic nitrogens is 1. The molecule has 2 N–H and O–H groups in total. The predicted octanol–water partition coefficient (Wildman–Crippen LogP) is 5.66. The molecule has 1 aliphatic rings. The number of pyridine rings is 1. The Labute approximate surface area is 204 Å². The van der Waals surface area contributed by atoms with E-state index < -0.39 is 0 Å². The van der Waals surface area contributed by atoms with Gasteiger partial charge in [-0.15, -0.1) is 0 Å². The molecular formula is C26H27Cl2N3O2. The van der Waals surface area contributed by atoms with Crippen LogP contribution in [0.3, 0.4) is 0 Å². The van der Waals surface area contributed by atoms with Gasteiger partial charge in [0.2, 0.25) is 11.8 Å². The number of hydrogen-bond donors (Lipinski definition) is 2. The smallest absolute Gasteiger partial charge is 0.220 e. The molecule has 33 heavy (non-hydrogen) atoms. The van der Waals surface area contributed by atoms with Crippen LogP contribution < -0.4 is 15.4 Å². The Hall–Kier alpha value is -2.60. The number of benzene rings is 2. The molecule has 0 bridgehead atoms. The fraction of sp³-hybridized carbons (Fsp3) is 0.308. The third-order valence-corrected chi connectivity index (χ3v) is 6.80. The van der Waals surface area contributed by atoms with Gasteiger partial charge < -0.3 is 15.4 Å². The lowest BCUT2D eigenvalue weighted by Gasteiger charge is -2.15. The van der Waals surface area contributed by atoms with E-state index in [2.05, 4.69) is 17.6 Å². The highest BCUT2D eigenvalue weighted by atomic mass is 35.5. The number of ether oxygens (including phenoxy) is 1. The molecular weight excluding hydrogens is 457 g/mol. The van der Waals surface area contributed by atoms with Crippen LogP contribution in [-0.2, 0) is 17.8 Å². The topological polar surface area (TPSA) is 63.2 Å². The molecule has 5 nitrogen and oxygen atoms in total. The van der Waals surface area contributed by atoms with E-state index in [0.29, 0.717) is 30.4 Å². The second-order valence-corrected chi connectivity index (χ2v) is 8.85. The fourth-order valence-electron chi connectivity index (χ4n) is 4.14. The summed E-state index contributed by atoms with van der Waals surface area (Å²) >= 11 is 13.5. The van der Waals surface area contributed by atoms with Crippen molar-refractivity contribution in [2.75, 3.05) is 13.7 Å². The SMILES string of the molecule is CCc1cccc(-c2cccc(-c3ccc(CNC[C@@H]4CCC(=O)N4)c(OC)n3)c2Cl)c1Cl. The lowest BCUT2D eigenvalue weighted by atomic mass is 9.98. The number of amides is 1. The Balaban J connectivity index is 1.58. The van der Waals surface area contributed by atoms with Gasteiger partial charge in [0.1, 0.15) is 0 Å². The lowest BCUT2D eigenvalue weighted by molar-refractivity contribution is -0.119. The molecule has 4 rings (SSSR count). The van der Waals surface area contributed by atoms with E-state index in [1.807, 2.05) is 48.5 Å². The number of halogens is 2. The van der Waals surface area contributed by atoms with Crippen LogP contribution in [0, 0.1) is 0 Å². The summed E-state index contributed by atoms with van der Waals surface area (Å²) in [6.07, 6.45) is 2.31. The van der Waals surface area contributed by atoms with Gasteiger partial charge in [0.15, 0.2) is 0 Å².